The Morgan fingerprint density at radius 1 is 1.14 bits per heavy atom. The van der Waals surface area contributed by atoms with Crippen LogP contribution in [0, 0.1) is 12.8 Å². The molecule has 5 nitrogen and oxygen atoms in total. The molecule has 2 aliphatic rings. The minimum absolute atomic E-state index is 0.0426. The fourth-order valence-electron chi connectivity index (χ4n) is 3.53. The Morgan fingerprint density at radius 2 is 1.96 bits per heavy atom. The highest BCUT2D eigenvalue weighted by Gasteiger charge is 2.34. The minimum atomic E-state index is 0.0426. The normalized spacial score (nSPS) is 16.3. The predicted molar refractivity (Wildman–Crippen MR) is 107 cm³/mol. The highest BCUT2D eigenvalue weighted by atomic mass is 16.6. The van der Waals surface area contributed by atoms with Gasteiger partial charge in [-0.05, 0) is 67.5 Å². The van der Waals surface area contributed by atoms with Gasteiger partial charge in [0.15, 0.2) is 11.5 Å². The second kappa shape index (κ2) is 8.55. The molecule has 0 radical (unpaired) electrons. The van der Waals surface area contributed by atoms with Crippen LogP contribution >= 0.6 is 0 Å². The number of benzene rings is 2. The predicted octanol–water partition coefficient (Wildman–Crippen LogP) is 4.19. The van der Waals surface area contributed by atoms with E-state index in [1.54, 1.807) is 0 Å². The lowest BCUT2D eigenvalue weighted by atomic mass is 10.0. The Balaban J connectivity index is 1.29. The highest BCUT2D eigenvalue weighted by molar-refractivity contribution is 5.76. The first-order chi connectivity index (χ1) is 13.7. The van der Waals surface area contributed by atoms with Crippen LogP contribution in [-0.2, 0) is 4.79 Å². The van der Waals surface area contributed by atoms with Crippen molar-refractivity contribution >= 4 is 5.91 Å². The Morgan fingerprint density at radius 3 is 2.75 bits per heavy atom. The second-order valence-electron chi connectivity index (χ2n) is 7.55. The van der Waals surface area contributed by atoms with Gasteiger partial charge in [0.2, 0.25) is 5.91 Å². The number of ether oxygens (including phenoxy) is 3. The number of carbonyl (C=O) groups is 1. The Kier molecular flexibility index (Phi) is 5.70. The summed E-state index contributed by atoms with van der Waals surface area (Å²) in [4.78, 5) is 12.5. The molecule has 2 aromatic carbocycles. The lowest BCUT2D eigenvalue weighted by Gasteiger charge is -2.23. The molecule has 1 fully saturated rings. The van der Waals surface area contributed by atoms with Crippen molar-refractivity contribution in [3.05, 3.63) is 53.6 Å². The standard InChI is InChI=1S/C23H27NO4/c1-16-4-2-5-19(14-16)26-11-3-6-22(25)24-23(17-7-8-17)18-9-10-20-21(15-18)28-13-12-27-20/h2,4-5,9-10,14-15,17,23H,3,6-8,11-13H2,1H3,(H,24,25). The third kappa shape index (κ3) is 4.77. The van der Waals surface area contributed by atoms with Crippen molar-refractivity contribution in [1.29, 1.82) is 0 Å². The topological polar surface area (TPSA) is 56.8 Å². The fraction of sp³-hybridized carbons (Fsp3) is 0.435. The van der Waals surface area contributed by atoms with E-state index in [1.165, 1.54) is 5.56 Å². The van der Waals surface area contributed by atoms with Crippen molar-refractivity contribution < 1.29 is 19.0 Å². The van der Waals surface area contributed by atoms with Gasteiger partial charge in [0, 0.05) is 6.42 Å². The molecule has 5 heteroatoms. The molecule has 1 N–H and O–H groups in total. The number of fused-ring (bicyclic) bond motifs is 1. The zero-order valence-corrected chi connectivity index (χ0v) is 16.3. The maximum atomic E-state index is 12.5. The van der Waals surface area contributed by atoms with Gasteiger partial charge in [0.05, 0.1) is 12.6 Å². The van der Waals surface area contributed by atoms with E-state index < -0.39 is 0 Å². The Bertz CT molecular complexity index is 831. The molecule has 1 amide bonds. The summed E-state index contributed by atoms with van der Waals surface area (Å²) < 4.78 is 17.0. The van der Waals surface area contributed by atoms with Crippen LogP contribution in [0.2, 0.25) is 0 Å². The van der Waals surface area contributed by atoms with Gasteiger partial charge in [-0.25, -0.2) is 0 Å². The third-order valence-electron chi connectivity index (χ3n) is 5.14. The summed E-state index contributed by atoms with van der Waals surface area (Å²) in [5, 5.41) is 3.22. The monoisotopic (exact) mass is 381 g/mol. The number of hydrogen-bond donors (Lipinski definition) is 1. The number of rotatable bonds is 8. The molecular formula is C23H27NO4. The summed E-state index contributed by atoms with van der Waals surface area (Å²) in [6.45, 7) is 3.72. The maximum Gasteiger partial charge on any atom is 0.220 e. The molecular weight excluding hydrogens is 354 g/mol. The first kappa shape index (κ1) is 18.7. The summed E-state index contributed by atoms with van der Waals surface area (Å²) in [5.41, 5.74) is 2.26. The number of carbonyl (C=O) groups excluding carboxylic acids is 1. The lowest BCUT2D eigenvalue weighted by molar-refractivity contribution is -0.122. The molecule has 0 saturated heterocycles. The van der Waals surface area contributed by atoms with E-state index in [-0.39, 0.29) is 11.9 Å². The van der Waals surface area contributed by atoms with Crippen molar-refractivity contribution in [3.63, 3.8) is 0 Å². The Labute approximate surface area is 166 Å². The SMILES string of the molecule is Cc1cccc(OCCCC(=O)NC(c2ccc3c(c2)OCCO3)C2CC2)c1. The van der Waals surface area contributed by atoms with Gasteiger partial charge in [-0.1, -0.05) is 18.2 Å². The molecule has 1 aliphatic carbocycles. The molecule has 0 spiro atoms. The van der Waals surface area contributed by atoms with Crippen molar-refractivity contribution in [2.24, 2.45) is 5.92 Å². The van der Waals surface area contributed by atoms with Gasteiger partial charge >= 0.3 is 0 Å². The van der Waals surface area contributed by atoms with Crippen LogP contribution in [0.4, 0.5) is 0 Å². The molecule has 1 heterocycles. The van der Waals surface area contributed by atoms with E-state index in [9.17, 15) is 4.79 Å². The number of nitrogens with one attached hydrogen (secondary N) is 1. The van der Waals surface area contributed by atoms with Crippen LogP contribution in [-0.4, -0.2) is 25.7 Å². The van der Waals surface area contributed by atoms with Crippen LogP contribution in [0.1, 0.15) is 42.9 Å². The van der Waals surface area contributed by atoms with Crippen LogP contribution < -0.4 is 19.5 Å². The zero-order valence-electron chi connectivity index (χ0n) is 16.3. The quantitative estimate of drug-likeness (QED) is 0.697. The van der Waals surface area contributed by atoms with Crippen molar-refractivity contribution in [1.82, 2.24) is 5.32 Å². The van der Waals surface area contributed by atoms with Crippen LogP contribution in [0.25, 0.3) is 0 Å². The molecule has 1 saturated carbocycles. The van der Waals surface area contributed by atoms with E-state index >= 15 is 0 Å². The number of amides is 1. The number of aryl methyl sites for hydroxylation is 1. The molecule has 148 valence electrons. The van der Waals surface area contributed by atoms with Gasteiger partial charge < -0.3 is 19.5 Å². The largest absolute Gasteiger partial charge is 0.494 e. The van der Waals surface area contributed by atoms with Gasteiger partial charge in [-0.2, -0.15) is 0 Å². The highest BCUT2D eigenvalue weighted by Crippen LogP contribution is 2.43. The first-order valence-corrected chi connectivity index (χ1v) is 10.1. The minimum Gasteiger partial charge on any atom is -0.494 e. The summed E-state index contributed by atoms with van der Waals surface area (Å²) in [7, 11) is 0. The third-order valence-corrected chi connectivity index (χ3v) is 5.14. The Hall–Kier alpha value is -2.69. The summed E-state index contributed by atoms with van der Waals surface area (Å²) in [6, 6.07) is 14.0. The van der Waals surface area contributed by atoms with Gasteiger partial charge in [0.25, 0.3) is 0 Å². The molecule has 0 aromatic heterocycles. The van der Waals surface area contributed by atoms with Gasteiger partial charge in [0.1, 0.15) is 19.0 Å². The lowest BCUT2D eigenvalue weighted by Crippen LogP contribution is -2.30. The van der Waals surface area contributed by atoms with E-state index in [0.29, 0.717) is 38.6 Å². The molecule has 28 heavy (non-hydrogen) atoms. The molecule has 4 rings (SSSR count). The molecule has 0 bridgehead atoms. The average Bonchev–Trinajstić information content (AvgIpc) is 3.54. The molecule has 2 aromatic rings. The summed E-state index contributed by atoms with van der Waals surface area (Å²) in [5.74, 6) is 2.99. The van der Waals surface area contributed by atoms with Gasteiger partial charge in [-0.3, -0.25) is 4.79 Å². The smallest absolute Gasteiger partial charge is 0.220 e. The second-order valence-corrected chi connectivity index (χ2v) is 7.55. The zero-order chi connectivity index (χ0) is 19.3. The van der Waals surface area contributed by atoms with E-state index in [1.807, 2.05) is 49.4 Å². The molecule has 1 aliphatic heterocycles. The van der Waals surface area contributed by atoms with E-state index in [0.717, 1.165) is 35.7 Å². The van der Waals surface area contributed by atoms with Crippen molar-refractivity contribution in [2.45, 2.75) is 38.6 Å². The first-order valence-electron chi connectivity index (χ1n) is 10.1. The van der Waals surface area contributed by atoms with E-state index in [4.69, 9.17) is 14.2 Å². The molecule has 1 unspecified atom stereocenters. The fourth-order valence-corrected chi connectivity index (χ4v) is 3.53. The van der Waals surface area contributed by atoms with Crippen LogP contribution in [0.5, 0.6) is 17.2 Å². The molecule has 1 atom stereocenters. The van der Waals surface area contributed by atoms with Gasteiger partial charge in [-0.15, -0.1) is 0 Å². The summed E-state index contributed by atoms with van der Waals surface area (Å²) in [6.07, 6.45) is 3.45. The maximum absolute atomic E-state index is 12.5. The van der Waals surface area contributed by atoms with Crippen molar-refractivity contribution in [3.8, 4) is 17.2 Å². The summed E-state index contributed by atoms with van der Waals surface area (Å²) >= 11 is 0. The van der Waals surface area contributed by atoms with Crippen molar-refractivity contribution in [2.75, 3.05) is 19.8 Å². The number of hydrogen-bond acceptors (Lipinski definition) is 4. The van der Waals surface area contributed by atoms with E-state index in [2.05, 4.69) is 5.32 Å². The van der Waals surface area contributed by atoms with Crippen LogP contribution in [0.15, 0.2) is 42.5 Å². The van der Waals surface area contributed by atoms with Crippen LogP contribution in [0.3, 0.4) is 0 Å². The average molecular weight is 381 g/mol.